The fraction of sp³-hybridized carbons (Fsp3) is 0.263. The summed E-state index contributed by atoms with van der Waals surface area (Å²) in [5, 5.41) is 2.85. The average molecular weight is 338 g/mol. The lowest BCUT2D eigenvalue weighted by molar-refractivity contribution is -0.113. The molecule has 4 rings (SSSR count). The topological polar surface area (TPSA) is 49.4 Å². The Balaban J connectivity index is 1.68. The van der Waals surface area contributed by atoms with Gasteiger partial charge in [0.2, 0.25) is 5.91 Å². The minimum absolute atomic E-state index is 0.00701. The second kappa shape index (κ2) is 5.98. The molecule has 1 N–H and O–H groups in total. The average Bonchev–Trinajstić information content (AvgIpc) is 2.59. The predicted molar refractivity (Wildman–Crippen MR) is 97.0 cm³/mol. The number of hydrogen-bond donors (Lipinski definition) is 1. The molecule has 4 nitrogen and oxygen atoms in total. The van der Waals surface area contributed by atoms with Gasteiger partial charge in [0.15, 0.2) is 0 Å². The van der Waals surface area contributed by atoms with Gasteiger partial charge in [0.1, 0.15) is 0 Å². The molecule has 0 bridgehead atoms. The number of fused-ring (bicyclic) bond motifs is 2. The van der Waals surface area contributed by atoms with E-state index in [-0.39, 0.29) is 11.8 Å². The molecular weight excluding hydrogens is 320 g/mol. The summed E-state index contributed by atoms with van der Waals surface area (Å²) in [6.45, 7) is 2.80. The molecule has 2 heterocycles. The maximum Gasteiger partial charge on any atom is 0.258 e. The first-order valence-electron chi connectivity index (χ1n) is 8.10. The Morgan fingerprint density at radius 2 is 2.08 bits per heavy atom. The second-order valence-electron chi connectivity index (χ2n) is 6.24. The van der Waals surface area contributed by atoms with E-state index in [1.165, 1.54) is 22.9 Å². The van der Waals surface area contributed by atoms with Crippen molar-refractivity contribution in [1.29, 1.82) is 0 Å². The summed E-state index contributed by atoms with van der Waals surface area (Å²) in [6.07, 6.45) is 1.98. The molecule has 0 atom stereocenters. The third-order valence-electron chi connectivity index (χ3n) is 4.46. The van der Waals surface area contributed by atoms with E-state index in [1.54, 1.807) is 6.07 Å². The zero-order chi connectivity index (χ0) is 16.7. The molecule has 0 unspecified atom stereocenters. The standard InChI is InChI=1S/C19H18N2O2S/c1-12-4-6-16-13(9-12)3-2-8-21(16)19(23)14-5-7-17-15(10-14)20-18(22)11-24-17/h4-7,9-10H,2-3,8,11H2,1H3,(H,20,22). The maximum absolute atomic E-state index is 13.0. The van der Waals surface area contributed by atoms with E-state index in [1.807, 2.05) is 29.2 Å². The van der Waals surface area contributed by atoms with Crippen molar-refractivity contribution in [3.05, 3.63) is 53.1 Å². The lowest BCUT2D eigenvalue weighted by Gasteiger charge is -2.30. The van der Waals surface area contributed by atoms with Crippen LogP contribution >= 0.6 is 11.8 Å². The normalized spacial score (nSPS) is 16.2. The van der Waals surface area contributed by atoms with Gasteiger partial charge in [-0.1, -0.05) is 17.7 Å². The van der Waals surface area contributed by atoms with Crippen molar-refractivity contribution in [1.82, 2.24) is 0 Å². The number of nitrogens with zero attached hydrogens (tertiary/aromatic N) is 1. The van der Waals surface area contributed by atoms with Crippen LogP contribution in [0.4, 0.5) is 11.4 Å². The summed E-state index contributed by atoms with van der Waals surface area (Å²) >= 11 is 1.51. The maximum atomic E-state index is 13.0. The number of benzene rings is 2. The number of thioether (sulfide) groups is 1. The molecule has 0 radical (unpaired) electrons. The van der Waals surface area contributed by atoms with Crippen LogP contribution in [-0.2, 0) is 11.2 Å². The van der Waals surface area contributed by atoms with Crippen LogP contribution in [0, 0.1) is 6.92 Å². The molecule has 24 heavy (non-hydrogen) atoms. The Kier molecular flexibility index (Phi) is 3.81. The van der Waals surface area contributed by atoms with Crippen molar-refractivity contribution >= 4 is 35.0 Å². The molecule has 0 saturated heterocycles. The van der Waals surface area contributed by atoms with Crippen LogP contribution in [0.25, 0.3) is 0 Å². The van der Waals surface area contributed by atoms with Gasteiger partial charge in [-0.15, -0.1) is 11.8 Å². The predicted octanol–water partition coefficient (Wildman–Crippen LogP) is 3.63. The molecular formula is C19H18N2O2S. The molecule has 2 aromatic rings. The minimum Gasteiger partial charge on any atom is -0.324 e. The number of hydrogen-bond acceptors (Lipinski definition) is 3. The Bertz CT molecular complexity index is 847. The van der Waals surface area contributed by atoms with Gasteiger partial charge in [-0.25, -0.2) is 0 Å². The number of carbonyl (C=O) groups is 2. The first-order chi connectivity index (χ1) is 11.6. The monoisotopic (exact) mass is 338 g/mol. The number of aryl methyl sites for hydroxylation is 2. The van der Waals surface area contributed by atoms with Crippen LogP contribution < -0.4 is 10.2 Å². The van der Waals surface area contributed by atoms with Crippen molar-refractivity contribution in [3.8, 4) is 0 Å². The molecule has 122 valence electrons. The Hall–Kier alpha value is -2.27. The molecule has 2 amide bonds. The zero-order valence-corrected chi connectivity index (χ0v) is 14.3. The fourth-order valence-corrected chi connectivity index (χ4v) is 4.10. The van der Waals surface area contributed by atoms with E-state index >= 15 is 0 Å². The van der Waals surface area contributed by atoms with Gasteiger partial charge >= 0.3 is 0 Å². The lowest BCUT2D eigenvalue weighted by atomic mass is 9.98. The van der Waals surface area contributed by atoms with Crippen LogP contribution in [0.3, 0.4) is 0 Å². The van der Waals surface area contributed by atoms with E-state index in [4.69, 9.17) is 0 Å². The molecule has 0 saturated carbocycles. The van der Waals surface area contributed by atoms with Gasteiger partial charge in [-0.3, -0.25) is 9.59 Å². The first-order valence-corrected chi connectivity index (χ1v) is 9.08. The van der Waals surface area contributed by atoms with Crippen LogP contribution in [0.15, 0.2) is 41.3 Å². The van der Waals surface area contributed by atoms with Gasteiger partial charge in [-0.05, 0) is 49.6 Å². The number of anilines is 2. The summed E-state index contributed by atoms with van der Waals surface area (Å²) in [5.74, 6) is 0.405. The highest BCUT2D eigenvalue weighted by Crippen LogP contribution is 2.34. The summed E-state index contributed by atoms with van der Waals surface area (Å²) in [6, 6.07) is 11.8. The van der Waals surface area contributed by atoms with Crippen LogP contribution in [0.5, 0.6) is 0 Å². The Morgan fingerprint density at radius 3 is 2.96 bits per heavy atom. The summed E-state index contributed by atoms with van der Waals surface area (Å²) in [4.78, 5) is 27.5. The van der Waals surface area contributed by atoms with Crippen molar-refractivity contribution in [2.24, 2.45) is 0 Å². The quantitative estimate of drug-likeness (QED) is 0.864. The summed E-state index contributed by atoms with van der Waals surface area (Å²) in [5.41, 5.74) is 4.81. The van der Waals surface area contributed by atoms with Gasteiger partial charge < -0.3 is 10.2 Å². The van der Waals surface area contributed by atoms with Crippen LogP contribution in [0.2, 0.25) is 0 Å². The number of carbonyl (C=O) groups excluding carboxylic acids is 2. The highest BCUT2D eigenvalue weighted by molar-refractivity contribution is 8.00. The molecule has 0 aromatic heterocycles. The molecule has 0 aliphatic carbocycles. The largest absolute Gasteiger partial charge is 0.324 e. The second-order valence-corrected chi connectivity index (χ2v) is 7.26. The van der Waals surface area contributed by atoms with Crippen molar-refractivity contribution < 1.29 is 9.59 Å². The van der Waals surface area contributed by atoms with E-state index in [9.17, 15) is 9.59 Å². The highest BCUT2D eigenvalue weighted by Gasteiger charge is 2.25. The third kappa shape index (κ3) is 2.69. The molecule has 2 aliphatic heterocycles. The first kappa shape index (κ1) is 15.3. The van der Waals surface area contributed by atoms with Gasteiger partial charge in [0, 0.05) is 22.7 Å². The highest BCUT2D eigenvalue weighted by atomic mass is 32.2. The number of nitrogens with one attached hydrogen (secondary N) is 1. The van der Waals surface area contributed by atoms with Crippen molar-refractivity contribution in [2.75, 3.05) is 22.5 Å². The molecule has 2 aromatic carbocycles. The Labute approximate surface area is 145 Å². The van der Waals surface area contributed by atoms with Gasteiger partial charge in [-0.2, -0.15) is 0 Å². The molecule has 0 spiro atoms. The van der Waals surface area contributed by atoms with E-state index in [2.05, 4.69) is 18.3 Å². The van der Waals surface area contributed by atoms with Crippen molar-refractivity contribution in [2.45, 2.75) is 24.7 Å². The molecule has 2 aliphatic rings. The third-order valence-corrected chi connectivity index (χ3v) is 5.53. The van der Waals surface area contributed by atoms with E-state index in [0.29, 0.717) is 11.3 Å². The van der Waals surface area contributed by atoms with Gasteiger partial charge in [0.25, 0.3) is 5.91 Å². The SMILES string of the molecule is Cc1ccc2c(c1)CCCN2C(=O)c1ccc2c(c1)NC(=O)CS2. The van der Waals surface area contributed by atoms with E-state index in [0.717, 1.165) is 35.7 Å². The lowest BCUT2D eigenvalue weighted by Crippen LogP contribution is -2.35. The Morgan fingerprint density at radius 1 is 1.21 bits per heavy atom. The summed E-state index contributed by atoms with van der Waals surface area (Å²) in [7, 11) is 0. The van der Waals surface area contributed by atoms with Gasteiger partial charge in [0.05, 0.1) is 11.4 Å². The summed E-state index contributed by atoms with van der Waals surface area (Å²) < 4.78 is 0. The smallest absolute Gasteiger partial charge is 0.258 e. The zero-order valence-electron chi connectivity index (χ0n) is 13.5. The number of amides is 2. The van der Waals surface area contributed by atoms with Crippen molar-refractivity contribution in [3.63, 3.8) is 0 Å². The molecule has 5 heteroatoms. The minimum atomic E-state index is -0.0177. The molecule has 0 fully saturated rings. The van der Waals surface area contributed by atoms with Crippen LogP contribution in [-0.4, -0.2) is 24.1 Å². The van der Waals surface area contributed by atoms with E-state index < -0.39 is 0 Å². The number of rotatable bonds is 1. The van der Waals surface area contributed by atoms with Crippen LogP contribution in [0.1, 0.15) is 27.9 Å². The fourth-order valence-electron chi connectivity index (χ4n) is 3.31.